The Labute approximate surface area is 152 Å². The van der Waals surface area contributed by atoms with Crippen molar-refractivity contribution in [2.24, 2.45) is 0 Å². The maximum Gasteiger partial charge on any atom is 0.349 e. The van der Waals surface area contributed by atoms with Gasteiger partial charge in [-0.2, -0.15) is 5.10 Å². The van der Waals surface area contributed by atoms with Gasteiger partial charge in [0.2, 0.25) is 0 Å². The summed E-state index contributed by atoms with van der Waals surface area (Å²) in [4.78, 5) is 25.0. The summed E-state index contributed by atoms with van der Waals surface area (Å²) in [5.41, 5.74) is 1.04. The number of anilines is 1. The van der Waals surface area contributed by atoms with Crippen molar-refractivity contribution in [1.82, 2.24) is 15.1 Å². The van der Waals surface area contributed by atoms with Gasteiger partial charge in [0.15, 0.2) is 5.82 Å². The molecular formula is C19H26N4O3. The van der Waals surface area contributed by atoms with Crippen LogP contribution in [0.1, 0.15) is 59.5 Å². The Morgan fingerprint density at radius 2 is 2.23 bits per heavy atom. The van der Waals surface area contributed by atoms with Gasteiger partial charge in [-0.1, -0.05) is 6.92 Å². The van der Waals surface area contributed by atoms with Crippen molar-refractivity contribution in [3.63, 3.8) is 0 Å². The predicted octanol–water partition coefficient (Wildman–Crippen LogP) is 2.58. The smallest absolute Gasteiger partial charge is 0.349 e. The number of piperidine rings is 1. The summed E-state index contributed by atoms with van der Waals surface area (Å²) in [5.74, 6) is 0.796. The molecule has 26 heavy (non-hydrogen) atoms. The van der Waals surface area contributed by atoms with Crippen molar-refractivity contribution in [2.75, 3.05) is 18.4 Å². The highest BCUT2D eigenvalue weighted by Crippen LogP contribution is 2.23. The van der Waals surface area contributed by atoms with E-state index >= 15 is 0 Å². The Morgan fingerprint density at radius 1 is 1.42 bits per heavy atom. The number of aryl methyl sites for hydroxylation is 3. The number of nitrogens with zero attached hydrogens (tertiary/aromatic N) is 2. The summed E-state index contributed by atoms with van der Waals surface area (Å²) in [6.07, 6.45) is 2.99. The van der Waals surface area contributed by atoms with Crippen molar-refractivity contribution in [3.05, 3.63) is 45.1 Å². The van der Waals surface area contributed by atoms with Crippen LogP contribution in [0.5, 0.6) is 0 Å². The molecule has 2 N–H and O–H groups in total. The number of rotatable bonds is 5. The summed E-state index contributed by atoms with van der Waals surface area (Å²) in [7, 11) is 0. The monoisotopic (exact) mass is 358 g/mol. The van der Waals surface area contributed by atoms with Gasteiger partial charge in [-0.15, -0.1) is 0 Å². The molecular weight excluding hydrogens is 332 g/mol. The highest BCUT2D eigenvalue weighted by Gasteiger charge is 2.23. The number of hydrogen-bond donors (Lipinski definition) is 2. The predicted molar refractivity (Wildman–Crippen MR) is 99.8 cm³/mol. The molecule has 1 saturated heterocycles. The standard InChI is InChI=1S/C19H26N4O3/c1-4-8-23-13(3)10-16(22-23)21-18(24)17-12(2)9-15(26-19(17)25)14-6-5-7-20-11-14/h9-10,14,20H,4-8,11H2,1-3H3,(H,21,22,24). The van der Waals surface area contributed by atoms with Crippen LogP contribution in [-0.2, 0) is 6.54 Å². The topological polar surface area (TPSA) is 89.2 Å². The number of carbonyl (C=O) groups is 1. The largest absolute Gasteiger partial charge is 0.427 e. The number of hydrogen-bond acceptors (Lipinski definition) is 5. The average Bonchev–Trinajstić information content (AvgIpc) is 2.94. The fraction of sp³-hybridized carbons (Fsp3) is 0.526. The van der Waals surface area contributed by atoms with Gasteiger partial charge in [0.25, 0.3) is 5.91 Å². The van der Waals surface area contributed by atoms with E-state index in [0.29, 0.717) is 17.1 Å². The Morgan fingerprint density at radius 3 is 2.88 bits per heavy atom. The molecule has 0 spiro atoms. The Bertz CT molecular complexity index is 847. The normalized spacial score (nSPS) is 17.3. The van der Waals surface area contributed by atoms with E-state index in [0.717, 1.165) is 44.6 Å². The van der Waals surface area contributed by atoms with Crippen molar-refractivity contribution in [2.45, 2.75) is 52.5 Å². The molecule has 140 valence electrons. The van der Waals surface area contributed by atoms with Crippen LogP contribution in [0.2, 0.25) is 0 Å². The molecule has 7 heteroatoms. The average molecular weight is 358 g/mol. The fourth-order valence-corrected chi connectivity index (χ4v) is 3.39. The van der Waals surface area contributed by atoms with Crippen molar-refractivity contribution in [1.29, 1.82) is 0 Å². The summed E-state index contributed by atoms with van der Waals surface area (Å²) in [5, 5.41) is 10.4. The number of amides is 1. The third kappa shape index (κ3) is 3.88. The second-order valence-electron chi connectivity index (χ2n) is 6.89. The summed E-state index contributed by atoms with van der Waals surface area (Å²) < 4.78 is 7.31. The van der Waals surface area contributed by atoms with E-state index in [2.05, 4.69) is 22.7 Å². The first-order valence-corrected chi connectivity index (χ1v) is 9.20. The maximum atomic E-state index is 12.6. The molecule has 7 nitrogen and oxygen atoms in total. The van der Waals surface area contributed by atoms with Crippen LogP contribution in [-0.4, -0.2) is 28.8 Å². The van der Waals surface area contributed by atoms with Crippen LogP contribution in [0.4, 0.5) is 5.82 Å². The lowest BCUT2D eigenvalue weighted by molar-refractivity contribution is 0.102. The minimum Gasteiger partial charge on any atom is -0.427 e. The van der Waals surface area contributed by atoms with Crippen molar-refractivity contribution in [3.8, 4) is 0 Å². The lowest BCUT2D eigenvalue weighted by Crippen LogP contribution is -2.30. The molecule has 1 aliphatic heterocycles. The minimum absolute atomic E-state index is 0.0419. The summed E-state index contributed by atoms with van der Waals surface area (Å²) in [6, 6.07) is 3.61. The SMILES string of the molecule is CCCn1nc(NC(=O)c2c(C)cc(C3CCCNC3)oc2=O)cc1C. The van der Waals surface area contributed by atoms with Crippen LogP contribution in [0.15, 0.2) is 21.3 Å². The number of nitrogens with one attached hydrogen (secondary N) is 2. The summed E-state index contributed by atoms with van der Waals surface area (Å²) in [6.45, 7) is 8.34. The first-order chi connectivity index (χ1) is 12.5. The van der Waals surface area contributed by atoms with Crippen LogP contribution in [0.25, 0.3) is 0 Å². The lowest BCUT2D eigenvalue weighted by Gasteiger charge is -2.22. The molecule has 0 radical (unpaired) electrons. The number of carbonyl (C=O) groups excluding carboxylic acids is 1. The first-order valence-electron chi connectivity index (χ1n) is 9.20. The molecule has 3 heterocycles. The molecule has 1 atom stereocenters. The molecule has 2 aromatic rings. The zero-order chi connectivity index (χ0) is 18.7. The van der Waals surface area contributed by atoms with Gasteiger partial charge in [-0.05, 0) is 51.3 Å². The third-order valence-electron chi connectivity index (χ3n) is 4.75. The van der Waals surface area contributed by atoms with E-state index < -0.39 is 11.5 Å². The van der Waals surface area contributed by atoms with Crippen molar-refractivity contribution >= 4 is 11.7 Å². The molecule has 0 aromatic carbocycles. The van der Waals surface area contributed by atoms with Gasteiger partial charge in [0.1, 0.15) is 11.3 Å². The molecule has 1 aliphatic rings. The fourth-order valence-electron chi connectivity index (χ4n) is 3.39. The molecule has 1 unspecified atom stereocenters. The van der Waals surface area contributed by atoms with E-state index in [1.54, 1.807) is 13.0 Å². The van der Waals surface area contributed by atoms with Gasteiger partial charge in [0.05, 0.1) is 0 Å². The van der Waals surface area contributed by atoms with Crippen LogP contribution in [0, 0.1) is 13.8 Å². The van der Waals surface area contributed by atoms with Gasteiger partial charge < -0.3 is 15.1 Å². The highest BCUT2D eigenvalue weighted by atomic mass is 16.4. The zero-order valence-corrected chi connectivity index (χ0v) is 15.6. The first kappa shape index (κ1) is 18.4. The number of aromatic nitrogens is 2. The molecule has 0 bridgehead atoms. The van der Waals surface area contributed by atoms with Crippen LogP contribution in [0.3, 0.4) is 0 Å². The molecule has 2 aromatic heterocycles. The molecule has 0 saturated carbocycles. The minimum atomic E-state index is -0.590. The van der Waals surface area contributed by atoms with Crippen molar-refractivity contribution < 1.29 is 9.21 Å². The quantitative estimate of drug-likeness (QED) is 0.857. The second kappa shape index (κ2) is 7.86. The van der Waals surface area contributed by atoms with E-state index in [-0.39, 0.29) is 11.5 Å². The molecule has 1 amide bonds. The Kier molecular flexibility index (Phi) is 5.56. The Balaban J connectivity index is 1.81. The van der Waals surface area contributed by atoms with E-state index in [4.69, 9.17) is 4.42 Å². The van der Waals surface area contributed by atoms with E-state index in [1.165, 1.54) is 0 Å². The highest BCUT2D eigenvalue weighted by molar-refractivity contribution is 6.04. The van der Waals surface area contributed by atoms with Crippen LogP contribution >= 0.6 is 0 Å². The second-order valence-corrected chi connectivity index (χ2v) is 6.89. The third-order valence-corrected chi connectivity index (χ3v) is 4.75. The van der Waals surface area contributed by atoms with E-state index in [9.17, 15) is 9.59 Å². The Hall–Kier alpha value is -2.41. The van der Waals surface area contributed by atoms with Gasteiger partial charge >= 0.3 is 5.63 Å². The van der Waals surface area contributed by atoms with Crippen LogP contribution < -0.4 is 16.3 Å². The van der Waals surface area contributed by atoms with Gasteiger partial charge in [-0.25, -0.2) is 4.79 Å². The lowest BCUT2D eigenvalue weighted by atomic mass is 9.95. The molecule has 1 fully saturated rings. The summed E-state index contributed by atoms with van der Waals surface area (Å²) >= 11 is 0. The van der Waals surface area contributed by atoms with E-state index in [1.807, 2.05) is 17.7 Å². The molecule has 3 rings (SSSR count). The van der Waals surface area contributed by atoms with Gasteiger partial charge in [0, 0.05) is 30.8 Å². The maximum absolute atomic E-state index is 12.6. The van der Waals surface area contributed by atoms with Gasteiger partial charge in [-0.3, -0.25) is 9.48 Å². The molecule has 0 aliphatic carbocycles. The zero-order valence-electron chi connectivity index (χ0n) is 15.6.